The molecule has 1 amide bonds. The van der Waals surface area contributed by atoms with Gasteiger partial charge in [-0.3, -0.25) is 0 Å². The second-order valence-corrected chi connectivity index (χ2v) is 10.4. The first-order valence-electron chi connectivity index (χ1n) is 13.0. The highest BCUT2D eigenvalue weighted by atomic mass is 16.7. The molecule has 0 spiro atoms. The molecule has 2 aliphatic rings. The van der Waals surface area contributed by atoms with E-state index in [-0.39, 0.29) is 19.2 Å². The van der Waals surface area contributed by atoms with Crippen LogP contribution in [-0.2, 0) is 27.1 Å². The summed E-state index contributed by atoms with van der Waals surface area (Å²) in [7, 11) is 1.78. The number of aryl methyl sites for hydroxylation is 1. The third kappa shape index (κ3) is 7.14. The summed E-state index contributed by atoms with van der Waals surface area (Å²) in [5, 5.41) is 0. The summed E-state index contributed by atoms with van der Waals surface area (Å²) < 4.78 is 28.6. The van der Waals surface area contributed by atoms with Crippen LogP contribution in [0.25, 0.3) is 11.1 Å². The van der Waals surface area contributed by atoms with E-state index < -0.39 is 5.60 Å². The molecular weight excluding hydrogens is 458 g/mol. The summed E-state index contributed by atoms with van der Waals surface area (Å²) in [6, 6.07) is 12.6. The molecule has 36 heavy (non-hydrogen) atoms. The molecular formula is C29H39NO6. The van der Waals surface area contributed by atoms with Crippen molar-refractivity contribution in [3.63, 3.8) is 0 Å². The summed E-state index contributed by atoms with van der Waals surface area (Å²) in [5.74, 6) is 1.53. The summed E-state index contributed by atoms with van der Waals surface area (Å²) in [6.45, 7) is 7.86. The van der Waals surface area contributed by atoms with Crippen LogP contribution in [-0.4, -0.2) is 56.5 Å². The highest BCUT2D eigenvalue weighted by molar-refractivity contribution is 5.74. The molecule has 0 radical (unpaired) electrons. The number of ether oxygens (including phenoxy) is 5. The van der Waals surface area contributed by atoms with Crippen molar-refractivity contribution in [2.45, 2.75) is 71.2 Å². The van der Waals surface area contributed by atoms with E-state index in [9.17, 15) is 4.79 Å². The molecule has 1 atom stereocenters. The fourth-order valence-corrected chi connectivity index (χ4v) is 4.52. The number of amides is 1. The average Bonchev–Trinajstić information content (AvgIpc) is 3.31. The minimum atomic E-state index is -0.508. The van der Waals surface area contributed by atoms with Gasteiger partial charge in [0.25, 0.3) is 0 Å². The number of hydrogen-bond acceptors (Lipinski definition) is 6. The number of nitrogens with zero attached hydrogens (tertiary/aromatic N) is 1. The molecule has 2 aromatic carbocycles. The number of benzene rings is 2. The Balaban J connectivity index is 1.46. The topological polar surface area (TPSA) is 66.5 Å². The average molecular weight is 498 g/mol. The van der Waals surface area contributed by atoms with Crippen LogP contribution in [0.4, 0.5) is 4.79 Å². The largest absolute Gasteiger partial charge is 0.454 e. The molecule has 1 unspecified atom stereocenters. The molecule has 0 saturated carbocycles. The number of fused-ring (bicyclic) bond motifs is 1. The molecule has 0 aromatic heterocycles. The molecule has 2 aromatic rings. The van der Waals surface area contributed by atoms with E-state index in [1.54, 1.807) is 11.9 Å². The van der Waals surface area contributed by atoms with E-state index in [1.807, 2.05) is 20.8 Å². The van der Waals surface area contributed by atoms with Crippen LogP contribution in [0.2, 0.25) is 0 Å². The van der Waals surface area contributed by atoms with Gasteiger partial charge >= 0.3 is 6.09 Å². The first-order chi connectivity index (χ1) is 17.3. The molecule has 1 fully saturated rings. The highest BCUT2D eigenvalue weighted by Gasteiger charge is 2.22. The van der Waals surface area contributed by atoms with Crippen molar-refractivity contribution in [2.75, 3.05) is 33.6 Å². The standard InChI is InChI=1S/C29H39NO6/c1-29(2,3)36-28(31)30(4)15-9-11-22-18-25-26(35-20-34-25)19-24(22)23-12-6-5-10-21(23)14-17-33-27-13-7-8-16-32-27/h5-6,10,12,18-19,27H,7-9,11,13-17,20H2,1-4H3. The quantitative estimate of drug-likeness (QED) is 0.425. The second-order valence-electron chi connectivity index (χ2n) is 10.4. The molecule has 1 saturated heterocycles. The van der Waals surface area contributed by atoms with Crippen LogP contribution in [0.1, 0.15) is 57.6 Å². The predicted octanol–water partition coefficient (Wildman–Crippen LogP) is 5.97. The van der Waals surface area contributed by atoms with Crippen LogP contribution in [0.3, 0.4) is 0 Å². The zero-order valence-corrected chi connectivity index (χ0v) is 22.0. The smallest absolute Gasteiger partial charge is 0.410 e. The van der Waals surface area contributed by atoms with Crippen LogP contribution >= 0.6 is 0 Å². The Hall–Kier alpha value is -2.77. The molecule has 0 aliphatic carbocycles. The fraction of sp³-hybridized carbons (Fsp3) is 0.552. The van der Waals surface area contributed by atoms with Gasteiger partial charge in [-0.1, -0.05) is 24.3 Å². The zero-order chi connectivity index (χ0) is 25.5. The summed E-state index contributed by atoms with van der Waals surface area (Å²) in [6.07, 6.45) is 5.23. The van der Waals surface area contributed by atoms with Crippen LogP contribution in [0, 0.1) is 0 Å². The van der Waals surface area contributed by atoms with Crippen molar-refractivity contribution < 1.29 is 28.5 Å². The number of hydrogen-bond donors (Lipinski definition) is 0. The predicted molar refractivity (Wildman–Crippen MR) is 138 cm³/mol. The third-order valence-electron chi connectivity index (χ3n) is 6.36. The molecule has 0 N–H and O–H groups in total. The SMILES string of the molecule is CN(CCCc1cc2c(cc1-c1ccccc1CCOC1CCCCO1)OCO2)C(=O)OC(C)(C)C. The lowest BCUT2D eigenvalue weighted by Crippen LogP contribution is -2.34. The lowest BCUT2D eigenvalue weighted by molar-refractivity contribution is -0.161. The Morgan fingerprint density at radius 2 is 1.81 bits per heavy atom. The maximum absolute atomic E-state index is 12.3. The Bertz CT molecular complexity index is 1020. The van der Waals surface area contributed by atoms with Gasteiger partial charge in [0.1, 0.15) is 5.60 Å². The van der Waals surface area contributed by atoms with E-state index in [0.29, 0.717) is 13.2 Å². The van der Waals surface area contributed by atoms with Gasteiger partial charge in [-0.2, -0.15) is 0 Å². The molecule has 0 bridgehead atoms. The van der Waals surface area contributed by atoms with Gasteiger partial charge in [-0.05, 0) is 93.7 Å². The zero-order valence-electron chi connectivity index (χ0n) is 22.0. The Kier molecular flexibility index (Phi) is 8.75. The normalized spacial score (nSPS) is 17.2. The maximum atomic E-state index is 12.3. The van der Waals surface area contributed by atoms with E-state index in [0.717, 1.165) is 62.2 Å². The van der Waals surface area contributed by atoms with E-state index in [1.165, 1.54) is 16.7 Å². The number of carbonyl (C=O) groups excluding carboxylic acids is 1. The monoisotopic (exact) mass is 497 g/mol. The van der Waals surface area contributed by atoms with Gasteiger partial charge in [-0.15, -0.1) is 0 Å². The van der Waals surface area contributed by atoms with Crippen LogP contribution < -0.4 is 9.47 Å². The van der Waals surface area contributed by atoms with E-state index >= 15 is 0 Å². The third-order valence-corrected chi connectivity index (χ3v) is 6.36. The molecule has 7 heteroatoms. The molecule has 2 aliphatic heterocycles. The first-order valence-corrected chi connectivity index (χ1v) is 13.0. The minimum Gasteiger partial charge on any atom is -0.454 e. The van der Waals surface area contributed by atoms with Crippen molar-refractivity contribution in [1.82, 2.24) is 4.90 Å². The summed E-state index contributed by atoms with van der Waals surface area (Å²) in [5.41, 5.74) is 4.18. The van der Waals surface area contributed by atoms with E-state index in [4.69, 9.17) is 23.7 Å². The number of carbonyl (C=O) groups is 1. The Morgan fingerprint density at radius 1 is 1.03 bits per heavy atom. The van der Waals surface area contributed by atoms with Crippen molar-refractivity contribution in [3.05, 3.63) is 47.5 Å². The van der Waals surface area contributed by atoms with Crippen molar-refractivity contribution >= 4 is 6.09 Å². The molecule has 7 nitrogen and oxygen atoms in total. The maximum Gasteiger partial charge on any atom is 0.410 e. The Labute approximate surface area is 214 Å². The van der Waals surface area contributed by atoms with Crippen molar-refractivity contribution in [1.29, 1.82) is 0 Å². The van der Waals surface area contributed by atoms with Gasteiger partial charge in [0.05, 0.1) is 6.61 Å². The van der Waals surface area contributed by atoms with Gasteiger partial charge in [-0.25, -0.2) is 4.79 Å². The second kappa shape index (κ2) is 12.0. The molecule has 4 rings (SSSR count). The van der Waals surface area contributed by atoms with Gasteiger partial charge in [0.2, 0.25) is 6.79 Å². The fourth-order valence-electron chi connectivity index (χ4n) is 4.52. The van der Waals surface area contributed by atoms with Crippen LogP contribution in [0.5, 0.6) is 11.5 Å². The van der Waals surface area contributed by atoms with Gasteiger partial charge in [0, 0.05) is 20.2 Å². The van der Waals surface area contributed by atoms with Crippen molar-refractivity contribution in [3.8, 4) is 22.6 Å². The molecule has 196 valence electrons. The summed E-state index contributed by atoms with van der Waals surface area (Å²) >= 11 is 0. The Morgan fingerprint density at radius 3 is 2.56 bits per heavy atom. The number of rotatable bonds is 9. The summed E-state index contributed by atoms with van der Waals surface area (Å²) in [4.78, 5) is 14.0. The van der Waals surface area contributed by atoms with Crippen molar-refractivity contribution in [2.24, 2.45) is 0 Å². The highest BCUT2D eigenvalue weighted by Crippen LogP contribution is 2.40. The lowest BCUT2D eigenvalue weighted by atomic mass is 9.91. The van der Waals surface area contributed by atoms with Crippen LogP contribution in [0.15, 0.2) is 36.4 Å². The van der Waals surface area contributed by atoms with E-state index in [2.05, 4.69) is 36.4 Å². The first kappa shape index (κ1) is 26.3. The molecule has 2 heterocycles. The van der Waals surface area contributed by atoms with Gasteiger partial charge in [0.15, 0.2) is 17.8 Å². The van der Waals surface area contributed by atoms with Gasteiger partial charge < -0.3 is 28.6 Å². The lowest BCUT2D eigenvalue weighted by Gasteiger charge is -2.24. The minimum absolute atomic E-state index is 0.0889.